The summed E-state index contributed by atoms with van der Waals surface area (Å²) in [7, 11) is 0. The molecule has 0 saturated carbocycles. The van der Waals surface area contributed by atoms with Gasteiger partial charge < -0.3 is 9.84 Å². The number of amides is 1. The SMILES string of the molecule is Cc1cc(NC(=O)CCSc2nnc(-c3ccc(Cl)cc3)n2Cc2ccccc2)no1. The highest BCUT2D eigenvalue weighted by atomic mass is 35.5. The van der Waals surface area contributed by atoms with Crippen molar-refractivity contribution in [2.24, 2.45) is 0 Å². The molecule has 0 radical (unpaired) electrons. The molecule has 9 heteroatoms. The van der Waals surface area contributed by atoms with E-state index in [4.69, 9.17) is 16.1 Å². The van der Waals surface area contributed by atoms with E-state index in [0.717, 1.165) is 22.1 Å². The molecule has 1 amide bonds. The van der Waals surface area contributed by atoms with Gasteiger partial charge in [-0.25, -0.2) is 0 Å². The Kier molecular flexibility index (Phi) is 6.69. The summed E-state index contributed by atoms with van der Waals surface area (Å²) in [6.45, 7) is 2.40. The van der Waals surface area contributed by atoms with Crippen LogP contribution in [0.25, 0.3) is 11.4 Å². The summed E-state index contributed by atoms with van der Waals surface area (Å²) in [6.07, 6.45) is 0.311. The van der Waals surface area contributed by atoms with Crippen molar-refractivity contribution in [3.8, 4) is 11.4 Å². The van der Waals surface area contributed by atoms with E-state index in [0.29, 0.717) is 35.3 Å². The number of thioether (sulfide) groups is 1. The van der Waals surface area contributed by atoms with Crippen LogP contribution in [0, 0.1) is 6.92 Å². The van der Waals surface area contributed by atoms with Crippen molar-refractivity contribution in [1.82, 2.24) is 19.9 Å². The Morgan fingerprint density at radius 3 is 2.61 bits per heavy atom. The van der Waals surface area contributed by atoms with Gasteiger partial charge in [-0.3, -0.25) is 9.36 Å². The number of hydrogen-bond acceptors (Lipinski definition) is 6. The van der Waals surface area contributed by atoms with Gasteiger partial charge in [0.1, 0.15) is 5.76 Å². The van der Waals surface area contributed by atoms with Gasteiger partial charge >= 0.3 is 0 Å². The number of nitrogens with zero attached hydrogens (tertiary/aromatic N) is 4. The molecule has 0 aliphatic rings. The Balaban J connectivity index is 1.48. The Hall–Kier alpha value is -3.10. The molecule has 0 fully saturated rings. The average molecular weight is 454 g/mol. The van der Waals surface area contributed by atoms with E-state index < -0.39 is 0 Å². The lowest BCUT2D eigenvalue weighted by atomic mass is 10.2. The number of halogens is 1. The summed E-state index contributed by atoms with van der Waals surface area (Å²) < 4.78 is 7.02. The van der Waals surface area contributed by atoms with E-state index in [1.807, 2.05) is 42.5 Å². The fraction of sp³-hybridized carbons (Fsp3) is 0.182. The minimum Gasteiger partial charge on any atom is -0.360 e. The number of nitrogens with one attached hydrogen (secondary N) is 1. The molecule has 1 N–H and O–H groups in total. The molecule has 2 aromatic carbocycles. The third kappa shape index (κ3) is 5.53. The molecular formula is C22H20ClN5O2S. The zero-order chi connectivity index (χ0) is 21.6. The standard InChI is InChI=1S/C22H20ClN5O2S/c1-15-13-19(27-30-15)24-20(29)11-12-31-22-26-25-21(17-7-9-18(23)10-8-17)28(22)14-16-5-3-2-4-6-16/h2-10,13H,11-12,14H2,1H3,(H,24,27,29). The number of benzene rings is 2. The summed E-state index contributed by atoms with van der Waals surface area (Å²) in [4.78, 5) is 12.2. The van der Waals surface area contributed by atoms with Gasteiger partial charge in [0.05, 0.1) is 6.54 Å². The Morgan fingerprint density at radius 2 is 1.90 bits per heavy atom. The van der Waals surface area contributed by atoms with Gasteiger partial charge in [-0.05, 0) is 36.8 Å². The van der Waals surface area contributed by atoms with Crippen molar-refractivity contribution in [2.75, 3.05) is 11.1 Å². The molecule has 31 heavy (non-hydrogen) atoms. The van der Waals surface area contributed by atoms with Gasteiger partial charge in [-0.15, -0.1) is 10.2 Å². The molecular weight excluding hydrogens is 434 g/mol. The number of anilines is 1. The van der Waals surface area contributed by atoms with Crippen molar-refractivity contribution in [3.63, 3.8) is 0 Å². The molecule has 0 saturated heterocycles. The lowest BCUT2D eigenvalue weighted by molar-refractivity contribution is -0.115. The molecule has 0 unspecified atom stereocenters. The minimum atomic E-state index is -0.132. The molecule has 2 heterocycles. The highest BCUT2D eigenvalue weighted by Crippen LogP contribution is 2.26. The first-order valence-corrected chi connectivity index (χ1v) is 11.0. The molecule has 0 atom stereocenters. The van der Waals surface area contributed by atoms with Crippen molar-refractivity contribution >= 4 is 35.1 Å². The summed E-state index contributed by atoms with van der Waals surface area (Å²) in [5.41, 5.74) is 2.07. The van der Waals surface area contributed by atoms with Gasteiger partial charge in [0.25, 0.3) is 0 Å². The fourth-order valence-corrected chi connectivity index (χ4v) is 3.98. The number of hydrogen-bond donors (Lipinski definition) is 1. The number of aryl methyl sites for hydroxylation is 1. The van der Waals surface area contributed by atoms with Crippen molar-refractivity contribution in [2.45, 2.75) is 25.0 Å². The van der Waals surface area contributed by atoms with Crippen molar-refractivity contribution < 1.29 is 9.32 Å². The van der Waals surface area contributed by atoms with Crippen LogP contribution in [0.4, 0.5) is 5.82 Å². The van der Waals surface area contributed by atoms with Gasteiger partial charge in [0, 0.05) is 28.8 Å². The van der Waals surface area contributed by atoms with Gasteiger partial charge in [0.2, 0.25) is 5.91 Å². The van der Waals surface area contributed by atoms with Crippen LogP contribution in [0.3, 0.4) is 0 Å². The van der Waals surface area contributed by atoms with Crippen LogP contribution in [0.1, 0.15) is 17.7 Å². The number of aromatic nitrogens is 4. The van der Waals surface area contributed by atoms with Crippen LogP contribution in [-0.4, -0.2) is 31.6 Å². The van der Waals surface area contributed by atoms with Crippen LogP contribution < -0.4 is 5.32 Å². The predicted molar refractivity (Wildman–Crippen MR) is 121 cm³/mol. The average Bonchev–Trinajstić information content (AvgIpc) is 3.35. The van der Waals surface area contributed by atoms with E-state index in [2.05, 4.69) is 37.4 Å². The lowest BCUT2D eigenvalue weighted by Gasteiger charge is -2.10. The topological polar surface area (TPSA) is 85.8 Å². The van der Waals surface area contributed by atoms with Crippen molar-refractivity contribution in [1.29, 1.82) is 0 Å². The normalized spacial score (nSPS) is 10.9. The third-order valence-corrected chi connectivity index (χ3v) is 5.68. The molecule has 0 aliphatic heterocycles. The summed E-state index contributed by atoms with van der Waals surface area (Å²) in [5.74, 6) is 2.24. The minimum absolute atomic E-state index is 0.132. The van der Waals surface area contributed by atoms with E-state index >= 15 is 0 Å². The Morgan fingerprint density at radius 1 is 1.13 bits per heavy atom. The second-order valence-electron chi connectivity index (χ2n) is 6.85. The monoisotopic (exact) mass is 453 g/mol. The predicted octanol–water partition coefficient (Wildman–Crippen LogP) is 5.06. The van der Waals surface area contributed by atoms with Crippen LogP contribution in [0.2, 0.25) is 5.02 Å². The molecule has 7 nitrogen and oxygen atoms in total. The first-order chi connectivity index (χ1) is 15.1. The number of rotatable bonds is 8. The quantitative estimate of drug-likeness (QED) is 0.375. The molecule has 4 aromatic rings. The largest absolute Gasteiger partial charge is 0.360 e. The van der Waals surface area contributed by atoms with E-state index in [1.54, 1.807) is 13.0 Å². The van der Waals surface area contributed by atoms with Crippen LogP contribution in [0.5, 0.6) is 0 Å². The number of carbonyl (C=O) groups is 1. The van der Waals surface area contributed by atoms with E-state index in [-0.39, 0.29) is 5.91 Å². The van der Waals surface area contributed by atoms with E-state index in [9.17, 15) is 4.79 Å². The van der Waals surface area contributed by atoms with Gasteiger partial charge in [0.15, 0.2) is 16.8 Å². The molecule has 4 rings (SSSR count). The zero-order valence-corrected chi connectivity index (χ0v) is 18.4. The smallest absolute Gasteiger partial charge is 0.226 e. The molecule has 0 spiro atoms. The van der Waals surface area contributed by atoms with Crippen LogP contribution in [0.15, 0.2) is 70.3 Å². The lowest BCUT2D eigenvalue weighted by Crippen LogP contribution is -2.12. The molecule has 0 aliphatic carbocycles. The summed E-state index contributed by atoms with van der Waals surface area (Å²) in [6, 6.07) is 19.3. The highest BCUT2D eigenvalue weighted by Gasteiger charge is 2.16. The maximum atomic E-state index is 12.2. The number of carbonyl (C=O) groups excluding carboxylic acids is 1. The summed E-state index contributed by atoms with van der Waals surface area (Å²) >= 11 is 7.52. The van der Waals surface area contributed by atoms with Crippen molar-refractivity contribution in [3.05, 3.63) is 77.0 Å². The highest BCUT2D eigenvalue weighted by molar-refractivity contribution is 7.99. The van der Waals surface area contributed by atoms with Gasteiger partial charge in [-0.1, -0.05) is 58.9 Å². The first-order valence-electron chi connectivity index (χ1n) is 9.67. The third-order valence-electron chi connectivity index (χ3n) is 4.46. The second-order valence-corrected chi connectivity index (χ2v) is 8.35. The second kappa shape index (κ2) is 9.80. The maximum absolute atomic E-state index is 12.2. The zero-order valence-electron chi connectivity index (χ0n) is 16.8. The van der Waals surface area contributed by atoms with Gasteiger partial charge in [-0.2, -0.15) is 0 Å². The van der Waals surface area contributed by atoms with Crippen LogP contribution >= 0.6 is 23.4 Å². The Bertz CT molecular complexity index is 1160. The first kappa shape index (κ1) is 21.1. The fourth-order valence-electron chi connectivity index (χ4n) is 2.98. The Labute approximate surface area is 188 Å². The van der Waals surface area contributed by atoms with Crippen LogP contribution in [-0.2, 0) is 11.3 Å². The van der Waals surface area contributed by atoms with E-state index in [1.165, 1.54) is 11.8 Å². The molecule has 158 valence electrons. The molecule has 2 aromatic heterocycles. The maximum Gasteiger partial charge on any atom is 0.226 e. The summed E-state index contributed by atoms with van der Waals surface area (Å²) in [5, 5.41) is 16.7. The molecule has 0 bridgehead atoms.